The molecule has 0 aliphatic rings. The molecule has 3 aromatic rings. The number of aromatic nitrogens is 4. The van der Waals surface area contributed by atoms with Crippen LogP contribution in [0.1, 0.15) is 5.56 Å². The Labute approximate surface area is 165 Å². The van der Waals surface area contributed by atoms with Crippen molar-refractivity contribution in [2.75, 3.05) is 16.9 Å². The molecule has 0 fully saturated rings. The number of benzene rings is 1. The van der Waals surface area contributed by atoms with E-state index >= 15 is 0 Å². The van der Waals surface area contributed by atoms with Crippen LogP contribution in [0.5, 0.6) is 0 Å². The molecule has 2 heterocycles. The fourth-order valence-corrected chi connectivity index (χ4v) is 3.49. The van der Waals surface area contributed by atoms with Crippen LogP contribution in [0, 0.1) is 5.82 Å². The highest BCUT2D eigenvalue weighted by Crippen LogP contribution is 2.19. The lowest BCUT2D eigenvalue weighted by molar-refractivity contribution is -0.118. The maximum absolute atomic E-state index is 14.1. The van der Waals surface area contributed by atoms with Crippen molar-refractivity contribution in [3.05, 3.63) is 54.2 Å². The third kappa shape index (κ3) is 5.25. The second kappa shape index (κ2) is 8.22. The van der Waals surface area contributed by atoms with Gasteiger partial charge in [0.15, 0.2) is 21.5 Å². The average Bonchev–Trinajstić information content (AvgIpc) is 3.07. The second-order valence-electron chi connectivity index (χ2n) is 6.14. The summed E-state index contributed by atoms with van der Waals surface area (Å²) < 4.78 is 39.2. The summed E-state index contributed by atoms with van der Waals surface area (Å²) in [5.41, 5.74) is 6.07. The molecule has 2 aromatic heterocycles. The van der Waals surface area contributed by atoms with E-state index in [0.717, 1.165) is 12.5 Å². The van der Waals surface area contributed by atoms with Gasteiger partial charge in [-0.2, -0.15) is 10.1 Å². The number of carbonyl (C=O) groups excluding carboxylic acids is 1. The lowest BCUT2D eigenvalue weighted by atomic mass is 10.2. The van der Waals surface area contributed by atoms with E-state index in [-0.39, 0.29) is 29.8 Å². The van der Waals surface area contributed by atoms with Gasteiger partial charge < -0.3 is 16.4 Å². The highest BCUT2D eigenvalue weighted by atomic mass is 32.2. The van der Waals surface area contributed by atoms with E-state index in [1.165, 1.54) is 23.1 Å². The van der Waals surface area contributed by atoms with Gasteiger partial charge in [0.2, 0.25) is 11.9 Å². The van der Waals surface area contributed by atoms with E-state index in [2.05, 4.69) is 25.7 Å². The number of carbonyl (C=O) groups is 1. The Morgan fingerprint density at radius 2 is 2.03 bits per heavy atom. The van der Waals surface area contributed by atoms with Crippen LogP contribution in [0.2, 0.25) is 0 Å². The van der Waals surface area contributed by atoms with E-state index in [4.69, 9.17) is 5.73 Å². The van der Waals surface area contributed by atoms with Crippen LogP contribution in [0.4, 0.5) is 21.8 Å². The van der Waals surface area contributed by atoms with Gasteiger partial charge in [0.1, 0.15) is 6.54 Å². The molecule has 1 aromatic carbocycles. The smallest absolute Gasteiger partial charge is 0.239 e. The summed E-state index contributed by atoms with van der Waals surface area (Å²) >= 11 is 0. The summed E-state index contributed by atoms with van der Waals surface area (Å²) in [5.74, 6) is -1.25. The van der Waals surface area contributed by atoms with Crippen LogP contribution in [0.25, 0.3) is 0 Å². The molecule has 152 valence electrons. The Bertz CT molecular complexity index is 1150. The summed E-state index contributed by atoms with van der Waals surface area (Å²) in [5, 5.41) is 9.58. The molecular weight excluding hydrogens is 401 g/mol. The van der Waals surface area contributed by atoms with Gasteiger partial charge in [-0.05, 0) is 11.6 Å². The number of halogens is 1. The van der Waals surface area contributed by atoms with Crippen molar-refractivity contribution in [3.8, 4) is 0 Å². The molecule has 12 heteroatoms. The number of anilines is 3. The van der Waals surface area contributed by atoms with Crippen LogP contribution in [0.3, 0.4) is 0 Å². The Hall–Kier alpha value is -3.54. The molecule has 0 aliphatic heterocycles. The van der Waals surface area contributed by atoms with Gasteiger partial charge in [0, 0.05) is 19.0 Å². The van der Waals surface area contributed by atoms with Crippen molar-refractivity contribution in [1.29, 1.82) is 0 Å². The lowest BCUT2D eigenvalue weighted by Crippen LogP contribution is -2.18. The summed E-state index contributed by atoms with van der Waals surface area (Å²) in [7, 11) is -3.42. The van der Waals surface area contributed by atoms with Crippen LogP contribution in [-0.2, 0) is 27.7 Å². The van der Waals surface area contributed by atoms with E-state index in [1.54, 1.807) is 18.2 Å². The fourth-order valence-electron chi connectivity index (χ4n) is 2.55. The minimum atomic E-state index is -3.42. The number of rotatable bonds is 8. The van der Waals surface area contributed by atoms with Crippen molar-refractivity contribution in [1.82, 2.24) is 19.7 Å². The number of amides is 1. The average molecular weight is 419 g/mol. The van der Waals surface area contributed by atoms with E-state index in [0.29, 0.717) is 11.3 Å². The first-order valence-corrected chi connectivity index (χ1v) is 10.2. The highest BCUT2D eigenvalue weighted by Gasteiger charge is 2.14. The molecule has 0 spiro atoms. The summed E-state index contributed by atoms with van der Waals surface area (Å²) in [4.78, 5) is 19.0. The Morgan fingerprint density at radius 1 is 1.28 bits per heavy atom. The van der Waals surface area contributed by atoms with Crippen molar-refractivity contribution in [3.63, 3.8) is 0 Å². The molecule has 0 saturated heterocycles. The topological polar surface area (TPSA) is 145 Å². The molecule has 0 bridgehead atoms. The highest BCUT2D eigenvalue weighted by molar-refractivity contribution is 7.90. The van der Waals surface area contributed by atoms with Gasteiger partial charge in [-0.15, -0.1) is 0 Å². The number of sulfone groups is 1. The number of primary amides is 1. The molecule has 10 nitrogen and oxygen atoms in total. The summed E-state index contributed by atoms with van der Waals surface area (Å²) in [6.07, 6.45) is 5.05. The normalized spacial score (nSPS) is 11.2. The molecule has 0 radical (unpaired) electrons. The fraction of sp³-hybridized carbons (Fsp3) is 0.176. The Balaban J connectivity index is 1.75. The predicted octanol–water partition coefficient (Wildman–Crippen LogP) is 1.06. The van der Waals surface area contributed by atoms with Crippen LogP contribution in [0.15, 0.2) is 47.8 Å². The number of nitrogens with two attached hydrogens (primary N) is 1. The van der Waals surface area contributed by atoms with Gasteiger partial charge in [-0.3, -0.25) is 9.48 Å². The van der Waals surface area contributed by atoms with Crippen molar-refractivity contribution >= 4 is 33.2 Å². The van der Waals surface area contributed by atoms with Gasteiger partial charge >= 0.3 is 0 Å². The zero-order valence-corrected chi connectivity index (χ0v) is 16.1. The predicted molar refractivity (Wildman–Crippen MR) is 104 cm³/mol. The molecular formula is C17H18FN7O3S. The first-order valence-electron chi connectivity index (χ1n) is 8.34. The molecule has 0 saturated carbocycles. The van der Waals surface area contributed by atoms with Crippen molar-refractivity contribution in [2.45, 2.75) is 18.0 Å². The number of hydrogen-bond acceptors (Lipinski definition) is 8. The number of hydrogen-bond donors (Lipinski definition) is 3. The summed E-state index contributed by atoms with van der Waals surface area (Å²) in [6, 6.07) is 6.43. The standard InChI is InChI=1S/C17H18FN7O3S/c1-29(27,28)14-5-3-2-4-11(14)6-20-16-13(18)8-21-17(24-16)23-12-7-22-25(9-12)10-15(19)26/h2-5,7-9H,6,10H2,1H3,(H2,19,26)(H2,20,21,23,24). The Morgan fingerprint density at radius 3 is 2.76 bits per heavy atom. The quantitative estimate of drug-likeness (QED) is 0.491. The zero-order chi connectivity index (χ0) is 21.0. The van der Waals surface area contributed by atoms with Crippen molar-refractivity contribution < 1.29 is 17.6 Å². The number of nitrogens with one attached hydrogen (secondary N) is 2. The van der Waals surface area contributed by atoms with Crippen molar-refractivity contribution in [2.24, 2.45) is 5.73 Å². The molecule has 29 heavy (non-hydrogen) atoms. The molecule has 1 amide bonds. The second-order valence-corrected chi connectivity index (χ2v) is 8.13. The SMILES string of the molecule is CS(=O)(=O)c1ccccc1CNc1nc(Nc2cnn(CC(N)=O)c2)ncc1F. The van der Waals surface area contributed by atoms with Gasteiger partial charge in [0.05, 0.1) is 23.0 Å². The van der Waals surface area contributed by atoms with E-state index in [9.17, 15) is 17.6 Å². The summed E-state index contributed by atoms with van der Waals surface area (Å²) in [6.45, 7) is -0.0360. The minimum absolute atomic E-state index is 0.0488. The third-order valence-corrected chi connectivity index (χ3v) is 4.97. The van der Waals surface area contributed by atoms with E-state index in [1.807, 2.05) is 0 Å². The maximum Gasteiger partial charge on any atom is 0.239 e. The third-order valence-electron chi connectivity index (χ3n) is 3.77. The van der Waals surface area contributed by atoms with Crippen LogP contribution in [-0.4, -0.2) is 40.3 Å². The van der Waals surface area contributed by atoms with Gasteiger partial charge in [-0.25, -0.2) is 17.8 Å². The van der Waals surface area contributed by atoms with Gasteiger partial charge in [0.25, 0.3) is 0 Å². The van der Waals surface area contributed by atoms with Crippen LogP contribution < -0.4 is 16.4 Å². The largest absolute Gasteiger partial charge is 0.368 e. The van der Waals surface area contributed by atoms with Crippen LogP contribution >= 0.6 is 0 Å². The molecule has 0 aliphatic carbocycles. The zero-order valence-electron chi connectivity index (χ0n) is 15.3. The maximum atomic E-state index is 14.1. The first-order chi connectivity index (χ1) is 13.7. The first kappa shape index (κ1) is 20.2. The minimum Gasteiger partial charge on any atom is -0.368 e. The molecule has 4 N–H and O–H groups in total. The van der Waals surface area contributed by atoms with E-state index < -0.39 is 21.6 Å². The van der Waals surface area contributed by atoms with Gasteiger partial charge in [-0.1, -0.05) is 18.2 Å². The molecule has 3 rings (SSSR count). The molecule has 0 atom stereocenters. The monoisotopic (exact) mass is 419 g/mol. The Kier molecular flexibility index (Phi) is 5.73. The number of nitrogens with zero attached hydrogens (tertiary/aromatic N) is 4. The lowest BCUT2D eigenvalue weighted by Gasteiger charge is -2.11. The molecule has 0 unspecified atom stereocenters.